The van der Waals surface area contributed by atoms with Crippen molar-refractivity contribution in [1.82, 2.24) is 9.55 Å². The highest BCUT2D eigenvalue weighted by Crippen LogP contribution is 2.33. The van der Waals surface area contributed by atoms with Crippen LogP contribution in [0.15, 0.2) is 30.5 Å². The molecule has 0 amide bonds. The zero-order chi connectivity index (χ0) is 15.8. The molecule has 2 aromatic rings. The van der Waals surface area contributed by atoms with Gasteiger partial charge < -0.3 is 9.12 Å². The normalized spacial score (nSPS) is 15.0. The summed E-state index contributed by atoms with van der Waals surface area (Å²) in [5.41, 5.74) is -0.230. The molecule has 1 aromatic carbocycles. The Kier molecular flexibility index (Phi) is 4.20. The van der Waals surface area contributed by atoms with Crippen LogP contribution in [0, 0.1) is 0 Å². The Balaban J connectivity index is 2.58. The van der Waals surface area contributed by atoms with Crippen LogP contribution in [-0.4, -0.2) is 18.3 Å². The highest BCUT2D eigenvalue weighted by atomic mass is 32.2. The quantitative estimate of drug-likeness (QED) is 0.818. The first-order valence-electron chi connectivity index (χ1n) is 5.99. The molecule has 2 rings (SSSR count). The first-order chi connectivity index (χ1) is 9.71. The van der Waals surface area contributed by atoms with E-state index in [1.807, 2.05) is 0 Å². The Hall–Kier alpha value is -1.67. The number of halogens is 3. The highest BCUT2D eigenvalue weighted by Gasteiger charge is 2.34. The van der Waals surface area contributed by atoms with Crippen LogP contribution in [-0.2, 0) is 24.3 Å². The molecule has 1 aromatic heterocycles. The van der Waals surface area contributed by atoms with Crippen molar-refractivity contribution in [3.05, 3.63) is 41.7 Å². The summed E-state index contributed by atoms with van der Waals surface area (Å²) >= 11 is -2.37. The number of aromatic nitrogens is 2. The molecule has 0 spiro atoms. The van der Waals surface area contributed by atoms with Gasteiger partial charge in [-0.3, -0.25) is 4.21 Å². The number of rotatable bonds is 3. The third-order valence-electron chi connectivity index (χ3n) is 3.10. The summed E-state index contributed by atoms with van der Waals surface area (Å²) in [6.45, 7) is 1.47. The van der Waals surface area contributed by atoms with Gasteiger partial charge in [0.1, 0.15) is 5.82 Å². The molecule has 0 radical (unpaired) electrons. The molecule has 21 heavy (non-hydrogen) atoms. The van der Waals surface area contributed by atoms with E-state index in [9.17, 15) is 21.9 Å². The maximum absolute atomic E-state index is 12.7. The van der Waals surface area contributed by atoms with Crippen molar-refractivity contribution < 1.29 is 21.9 Å². The van der Waals surface area contributed by atoms with Crippen molar-refractivity contribution in [1.29, 1.82) is 0 Å². The average molecular weight is 317 g/mol. The van der Waals surface area contributed by atoms with Crippen LogP contribution < -0.4 is 0 Å². The second kappa shape index (κ2) is 5.61. The lowest BCUT2D eigenvalue weighted by molar-refractivity contribution is -0.140. The predicted molar refractivity (Wildman–Crippen MR) is 71.0 cm³/mol. The number of benzene rings is 1. The summed E-state index contributed by atoms with van der Waals surface area (Å²) in [7, 11) is 1.44. The third kappa shape index (κ3) is 3.16. The number of nitrogens with zero attached hydrogens (tertiary/aromatic N) is 2. The number of imidazole rings is 1. The molecule has 0 aliphatic rings. The molecule has 4 nitrogen and oxygen atoms in total. The number of aryl methyl sites for hydroxylation is 1. The van der Waals surface area contributed by atoms with Crippen LogP contribution >= 0.6 is 0 Å². The van der Waals surface area contributed by atoms with E-state index in [1.165, 1.54) is 18.5 Å². The summed E-state index contributed by atoms with van der Waals surface area (Å²) < 4.78 is 61.6. The van der Waals surface area contributed by atoms with Gasteiger partial charge in [-0.05, 0) is 23.6 Å². The first kappa shape index (κ1) is 15.7. The molecular formula is C13H12F3N2O2S-. The zero-order valence-corrected chi connectivity index (χ0v) is 12.0. The zero-order valence-electron chi connectivity index (χ0n) is 11.2. The minimum atomic E-state index is -4.54. The van der Waals surface area contributed by atoms with Crippen molar-refractivity contribution in [2.24, 2.45) is 7.05 Å². The van der Waals surface area contributed by atoms with Crippen molar-refractivity contribution >= 4 is 11.1 Å². The molecule has 2 atom stereocenters. The lowest BCUT2D eigenvalue weighted by atomic mass is 10.0. The monoisotopic (exact) mass is 317 g/mol. The van der Waals surface area contributed by atoms with Crippen molar-refractivity contribution in [3.63, 3.8) is 0 Å². The molecule has 0 fully saturated rings. The predicted octanol–water partition coefficient (Wildman–Crippen LogP) is 3.05. The van der Waals surface area contributed by atoms with Gasteiger partial charge in [0, 0.05) is 24.1 Å². The molecule has 2 unspecified atom stereocenters. The Morgan fingerprint density at radius 1 is 1.33 bits per heavy atom. The van der Waals surface area contributed by atoms with E-state index < -0.39 is 28.2 Å². The van der Waals surface area contributed by atoms with Crippen molar-refractivity contribution in [2.45, 2.75) is 18.3 Å². The number of hydrogen-bond donors (Lipinski definition) is 0. The van der Waals surface area contributed by atoms with Gasteiger partial charge in [0.15, 0.2) is 5.69 Å². The molecule has 0 aliphatic heterocycles. The highest BCUT2D eigenvalue weighted by molar-refractivity contribution is 7.79. The SMILES string of the molecule is CC(c1ccccc1-c1nc(C(F)(F)F)cn1C)S(=O)[O-]. The maximum atomic E-state index is 12.7. The van der Waals surface area contributed by atoms with Crippen LogP contribution in [0.25, 0.3) is 11.4 Å². The van der Waals surface area contributed by atoms with Crippen LogP contribution in [0.4, 0.5) is 13.2 Å². The lowest BCUT2D eigenvalue weighted by Gasteiger charge is -2.18. The summed E-state index contributed by atoms with van der Waals surface area (Å²) in [4.78, 5) is 3.59. The number of hydrogen-bond acceptors (Lipinski definition) is 3. The fraction of sp³-hybridized carbons (Fsp3) is 0.308. The van der Waals surface area contributed by atoms with E-state index in [0.717, 1.165) is 6.20 Å². The maximum Gasteiger partial charge on any atom is 0.434 e. The summed E-state index contributed by atoms with van der Waals surface area (Å²) in [5, 5.41) is -0.841. The smallest absolute Gasteiger partial charge is 0.434 e. The second-order valence-corrected chi connectivity index (χ2v) is 5.78. The molecule has 0 bridgehead atoms. The van der Waals surface area contributed by atoms with E-state index in [0.29, 0.717) is 11.1 Å². The Labute approximate surface area is 121 Å². The average Bonchev–Trinajstić information content (AvgIpc) is 2.79. The molecule has 114 valence electrons. The second-order valence-electron chi connectivity index (χ2n) is 4.55. The van der Waals surface area contributed by atoms with Crippen molar-refractivity contribution in [2.75, 3.05) is 0 Å². The van der Waals surface area contributed by atoms with Gasteiger partial charge in [0.05, 0.1) is 0 Å². The summed E-state index contributed by atoms with van der Waals surface area (Å²) in [6.07, 6.45) is -3.66. The molecule has 0 saturated carbocycles. The van der Waals surface area contributed by atoms with Gasteiger partial charge in [-0.15, -0.1) is 0 Å². The van der Waals surface area contributed by atoms with E-state index in [2.05, 4.69) is 4.98 Å². The molecule has 1 heterocycles. The lowest BCUT2D eigenvalue weighted by Crippen LogP contribution is -2.06. The van der Waals surface area contributed by atoms with E-state index in [-0.39, 0.29) is 5.82 Å². The fourth-order valence-corrected chi connectivity index (χ4v) is 2.42. The molecular weight excluding hydrogens is 305 g/mol. The molecule has 0 aliphatic carbocycles. The standard InChI is InChI=1S/C13H13F3N2O2S/c1-8(21(19)20)9-5-3-4-6-10(9)12-17-11(7-18(12)2)13(14,15)16/h3-8H,1-2H3,(H,19,20)/p-1. The van der Waals surface area contributed by atoms with Gasteiger partial charge >= 0.3 is 6.18 Å². The topological polar surface area (TPSA) is 58.0 Å². The minimum absolute atomic E-state index is 0.0789. The van der Waals surface area contributed by atoms with Crippen molar-refractivity contribution in [3.8, 4) is 11.4 Å². The van der Waals surface area contributed by atoms with E-state index in [1.54, 1.807) is 24.3 Å². The Morgan fingerprint density at radius 2 is 1.95 bits per heavy atom. The van der Waals surface area contributed by atoms with E-state index >= 15 is 0 Å². The molecule has 0 N–H and O–H groups in total. The van der Waals surface area contributed by atoms with Gasteiger partial charge in [-0.1, -0.05) is 24.3 Å². The Bertz CT molecular complexity index is 682. The third-order valence-corrected chi connectivity index (χ3v) is 3.93. The van der Waals surface area contributed by atoms with Crippen LogP contribution in [0.2, 0.25) is 0 Å². The fourth-order valence-electron chi connectivity index (χ4n) is 2.01. The van der Waals surface area contributed by atoms with Gasteiger partial charge in [-0.25, -0.2) is 4.98 Å². The van der Waals surface area contributed by atoms with Crippen LogP contribution in [0.3, 0.4) is 0 Å². The van der Waals surface area contributed by atoms with Crippen LogP contribution in [0.1, 0.15) is 23.4 Å². The number of alkyl halides is 3. The first-order valence-corrected chi connectivity index (χ1v) is 7.13. The Morgan fingerprint density at radius 3 is 2.48 bits per heavy atom. The van der Waals surface area contributed by atoms with Gasteiger partial charge in [0.2, 0.25) is 0 Å². The minimum Gasteiger partial charge on any atom is -0.772 e. The van der Waals surface area contributed by atoms with Gasteiger partial charge in [0.25, 0.3) is 0 Å². The summed E-state index contributed by atoms with van der Waals surface area (Å²) in [5.74, 6) is 0.0789. The van der Waals surface area contributed by atoms with Gasteiger partial charge in [-0.2, -0.15) is 13.2 Å². The molecule has 8 heteroatoms. The van der Waals surface area contributed by atoms with Crippen LogP contribution in [0.5, 0.6) is 0 Å². The van der Waals surface area contributed by atoms with E-state index in [4.69, 9.17) is 0 Å². The largest absolute Gasteiger partial charge is 0.772 e. The molecule has 0 saturated heterocycles. The summed E-state index contributed by atoms with van der Waals surface area (Å²) in [6, 6.07) is 6.38.